The van der Waals surface area contributed by atoms with Gasteiger partial charge < -0.3 is 15.4 Å². The molecule has 0 radical (unpaired) electrons. The monoisotopic (exact) mass is 385 g/mol. The highest BCUT2D eigenvalue weighted by atomic mass is 32.1. The van der Waals surface area contributed by atoms with Gasteiger partial charge in [-0.1, -0.05) is 45.9 Å². The first kappa shape index (κ1) is 22.6. The zero-order valence-electron chi connectivity index (χ0n) is 17.2. The fourth-order valence-electron chi connectivity index (χ4n) is 2.24. The number of methoxy groups -OCH3 is 1. The summed E-state index contributed by atoms with van der Waals surface area (Å²) in [6.07, 6.45) is 3.07. The summed E-state index contributed by atoms with van der Waals surface area (Å²) in [5.74, 6) is 1.21. The van der Waals surface area contributed by atoms with Crippen LogP contribution in [0.3, 0.4) is 0 Å². The minimum Gasteiger partial charge on any atom is -0.495 e. The van der Waals surface area contributed by atoms with Gasteiger partial charge >= 0.3 is 0 Å². The summed E-state index contributed by atoms with van der Waals surface area (Å²) in [6, 6.07) is 13.6. The van der Waals surface area contributed by atoms with E-state index >= 15 is 0 Å². The molecule has 0 bridgehead atoms. The number of rotatable bonds is 6. The SMILES string of the molecule is CC.CCC(C)C=Nc1cccc(NC(=S)Nc2ccccc2OC)c1C. The van der Waals surface area contributed by atoms with Gasteiger partial charge in [0, 0.05) is 11.9 Å². The van der Waals surface area contributed by atoms with E-state index in [9.17, 15) is 0 Å². The summed E-state index contributed by atoms with van der Waals surface area (Å²) in [5, 5.41) is 6.93. The highest BCUT2D eigenvalue weighted by Gasteiger charge is 2.07. The van der Waals surface area contributed by atoms with Crippen LogP contribution in [0, 0.1) is 12.8 Å². The lowest BCUT2D eigenvalue weighted by atomic mass is 10.1. The number of ether oxygens (including phenoxy) is 1. The fraction of sp³-hybridized carbons (Fsp3) is 0.364. The molecule has 0 aliphatic carbocycles. The molecule has 0 aliphatic heterocycles. The molecule has 5 heteroatoms. The normalized spacial score (nSPS) is 11.3. The first-order chi connectivity index (χ1) is 13.0. The second kappa shape index (κ2) is 12.1. The van der Waals surface area contributed by atoms with E-state index in [-0.39, 0.29) is 0 Å². The van der Waals surface area contributed by atoms with Crippen molar-refractivity contribution >= 4 is 40.6 Å². The van der Waals surface area contributed by atoms with Crippen molar-refractivity contribution in [1.29, 1.82) is 0 Å². The quantitative estimate of drug-likeness (QED) is 0.435. The summed E-state index contributed by atoms with van der Waals surface area (Å²) in [5.41, 5.74) is 3.77. The van der Waals surface area contributed by atoms with Crippen molar-refractivity contribution in [3.8, 4) is 5.75 Å². The molecule has 2 N–H and O–H groups in total. The van der Waals surface area contributed by atoms with Gasteiger partial charge in [0.25, 0.3) is 0 Å². The molecule has 146 valence electrons. The average molecular weight is 386 g/mol. The van der Waals surface area contributed by atoms with Crippen molar-refractivity contribution in [3.63, 3.8) is 0 Å². The Morgan fingerprint density at radius 3 is 2.41 bits per heavy atom. The smallest absolute Gasteiger partial charge is 0.175 e. The van der Waals surface area contributed by atoms with E-state index in [0.29, 0.717) is 11.0 Å². The van der Waals surface area contributed by atoms with E-state index in [1.165, 1.54) is 0 Å². The minimum absolute atomic E-state index is 0.462. The zero-order chi connectivity index (χ0) is 20.2. The molecular weight excluding hydrogens is 354 g/mol. The molecule has 0 saturated heterocycles. The zero-order valence-corrected chi connectivity index (χ0v) is 18.0. The Kier molecular flexibility index (Phi) is 10.1. The first-order valence-electron chi connectivity index (χ1n) is 9.40. The molecule has 2 aromatic carbocycles. The molecule has 1 atom stereocenters. The predicted octanol–water partition coefficient (Wildman–Crippen LogP) is 6.59. The third kappa shape index (κ3) is 7.02. The lowest BCUT2D eigenvalue weighted by molar-refractivity contribution is 0.417. The van der Waals surface area contributed by atoms with E-state index in [0.717, 1.165) is 34.8 Å². The van der Waals surface area contributed by atoms with Crippen molar-refractivity contribution in [2.45, 2.75) is 41.0 Å². The largest absolute Gasteiger partial charge is 0.495 e. The van der Waals surface area contributed by atoms with Crippen LogP contribution in [-0.4, -0.2) is 18.4 Å². The van der Waals surface area contributed by atoms with Crippen LogP contribution in [-0.2, 0) is 0 Å². The molecule has 1 unspecified atom stereocenters. The second-order valence-electron chi connectivity index (χ2n) is 5.89. The molecule has 0 saturated carbocycles. The lowest BCUT2D eigenvalue weighted by Gasteiger charge is -2.15. The molecule has 0 aliphatic rings. The van der Waals surface area contributed by atoms with Gasteiger partial charge in [-0.2, -0.15) is 0 Å². The summed E-state index contributed by atoms with van der Waals surface area (Å²) in [4.78, 5) is 4.61. The fourth-order valence-corrected chi connectivity index (χ4v) is 2.46. The Morgan fingerprint density at radius 1 is 1.11 bits per heavy atom. The Bertz CT molecular complexity index is 759. The molecule has 0 heterocycles. The standard InChI is InChI=1S/C20H25N3OS.C2H6/c1-5-14(2)13-21-16-10-8-11-17(15(16)3)22-20(25)23-18-9-6-7-12-19(18)24-4;1-2/h6-14H,5H2,1-4H3,(H2,22,23,25);1-2H3. The number of benzene rings is 2. The van der Waals surface area contributed by atoms with E-state index in [1.807, 2.05) is 69.5 Å². The van der Waals surface area contributed by atoms with Crippen LogP contribution < -0.4 is 15.4 Å². The third-order valence-electron chi connectivity index (χ3n) is 4.02. The summed E-state index contributed by atoms with van der Waals surface area (Å²) >= 11 is 5.44. The molecule has 2 rings (SSSR count). The van der Waals surface area contributed by atoms with Gasteiger partial charge in [-0.25, -0.2) is 0 Å². The molecule has 27 heavy (non-hydrogen) atoms. The van der Waals surface area contributed by atoms with Gasteiger partial charge in [0.2, 0.25) is 0 Å². The van der Waals surface area contributed by atoms with Gasteiger partial charge in [0.05, 0.1) is 18.5 Å². The Morgan fingerprint density at radius 2 is 1.74 bits per heavy atom. The number of nitrogens with zero attached hydrogens (tertiary/aromatic N) is 1. The van der Waals surface area contributed by atoms with E-state index in [4.69, 9.17) is 17.0 Å². The maximum atomic E-state index is 5.44. The molecule has 0 aromatic heterocycles. The lowest BCUT2D eigenvalue weighted by Crippen LogP contribution is -2.20. The maximum Gasteiger partial charge on any atom is 0.175 e. The molecule has 4 nitrogen and oxygen atoms in total. The van der Waals surface area contributed by atoms with Gasteiger partial charge in [0.15, 0.2) is 5.11 Å². The summed E-state index contributed by atoms with van der Waals surface area (Å²) in [6.45, 7) is 10.4. The number of hydrogen-bond donors (Lipinski definition) is 2. The number of anilines is 2. The van der Waals surface area contributed by atoms with E-state index in [1.54, 1.807) is 7.11 Å². The van der Waals surface area contributed by atoms with Crippen LogP contribution in [0.4, 0.5) is 17.1 Å². The van der Waals surface area contributed by atoms with Crippen LogP contribution >= 0.6 is 12.2 Å². The van der Waals surface area contributed by atoms with Gasteiger partial charge in [-0.15, -0.1) is 0 Å². The molecule has 2 aromatic rings. The Balaban J connectivity index is 0.00000176. The number of nitrogens with one attached hydrogen (secondary N) is 2. The molecule has 0 amide bonds. The van der Waals surface area contributed by atoms with Crippen molar-refractivity contribution < 1.29 is 4.74 Å². The highest BCUT2D eigenvalue weighted by molar-refractivity contribution is 7.80. The van der Waals surface area contributed by atoms with Crippen LogP contribution in [0.25, 0.3) is 0 Å². The van der Waals surface area contributed by atoms with Crippen LogP contribution in [0.15, 0.2) is 47.5 Å². The number of para-hydroxylation sites is 2. The van der Waals surface area contributed by atoms with E-state index < -0.39 is 0 Å². The first-order valence-corrected chi connectivity index (χ1v) is 9.80. The summed E-state index contributed by atoms with van der Waals surface area (Å²) < 4.78 is 5.34. The van der Waals surface area contributed by atoms with Crippen molar-refractivity contribution in [2.24, 2.45) is 10.9 Å². The van der Waals surface area contributed by atoms with Crippen LogP contribution in [0.2, 0.25) is 0 Å². The Labute approximate surface area is 169 Å². The average Bonchev–Trinajstić information content (AvgIpc) is 2.70. The number of hydrogen-bond acceptors (Lipinski definition) is 3. The number of aliphatic imine (C=N–C) groups is 1. The third-order valence-corrected chi connectivity index (χ3v) is 4.22. The molecular formula is C22H31N3OS. The number of thiocarbonyl (C=S) groups is 1. The molecule has 0 fully saturated rings. The van der Waals surface area contributed by atoms with Crippen molar-refractivity contribution in [3.05, 3.63) is 48.0 Å². The van der Waals surface area contributed by atoms with Gasteiger partial charge in [-0.3, -0.25) is 4.99 Å². The van der Waals surface area contributed by atoms with E-state index in [2.05, 4.69) is 29.5 Å². The Hall–Kier alpha value is -2.40. The summed E-state index contributed by atoms with van der Waals surface area (Å²) in [7, 11) is 1.64. The molecule has 0 spiro atoms. The van der Waals surface area contributed by atoms with Crippen LogP contribution in [0.1, 0.15) is 39.7 Å². The van der Waals surface area contributed by atoms with Gasteiger partial charge in [0.1, 0.15) is 5.75 Å². The highest BCUT2D eigenvalue weighted by Crippen LogP contribution is 2.27. The van der Waals surface area contributed by atoms with Crippen LogP contribution in [0.5, 0.6) is 5.75 Å². The predicted molar refractivity (Wildman–Crippen MR) is 123 cm³/mol. The second-order valence-corrected chi connectivity index (χ2v) is 6.30. The minimum atomic E-state index is 0.462. The topological polar surface area (TPSA) is 45.7 Å². The maximum absolute atomic E-state index is 5.44. The van der Waals surface area contributed by atoms with Crippen molar-refractivity contribution in [1.82, 2.24) is 0 Å². The van der Waals surface area contributed by atoms with Crippen molar-refractivity contribution in [2.75, 3.05) is 17.7 Å². The van der Waals surface area contributed by atoms with Gasteiger partial charge in [-0.05, 0) is 61.3 Å².